The van der Waals surface area contributed by atoms with Gasteiger partial charge in [0.1, 0.15) is 0 Å². The first-order valence-electron chi connectivity index (χ1n) is 8.39. The third-order valence-corrected chi connectivity index (χ3v) is 6.89. The summed E-state index contributed by atoms with van der Waals surface area (Å²) in [6.07, 6.45) is 2.34. The number of thiazole rings is 1. The number of halogens is 1. The van der Waals surface area contributed by atoms with Crippen LogP contribution in [0.25, 0.3) is 0 Å². The summed E-state index contributed by atoms with van der Waals surface area (Å²) in [5, 5.41) is 6.03. The molecule has 1 amide bonds. The predicted molar refractivity (Wildman–Crippen MR) is 112 cm³/mol. The Labute approximate surface area is 172 Å². The number of hydrogen-bond donors (Lipinski definition) is 1. The van der Waals surface area contributed by atoms with Gasteiger partial charge >= 0.3 is 0 Å². The summed E-state index contributed by atoms with van der Waals surface area (Å²) < 4.78 is 27.0. The fourth-order valence-electron chi connectivity index (χ4n) is 2.53. The Balaban J connectivity index is 1.74. The molecule has 2 aromatic carbocycles. The van der Waals surface area contributed by atoms with Gasteiger partial charge in [0.2, 0.25) is 0 Å². The Hall–Kier alpha value is -2.42. The topological polar surface area (TPSA) is 79.4 Å². The largest absolute Gasteiger partial charge is 0.352 e. The van der Waals surface area contributed by atoms with E-state index >= 15 is 0 Å². The average Bonchev–Trinajstić information content (AvgIpc) is 3.21. The summed E-state index contributed by atoms with van der Waals surface area (Å²) >= 11 is 7.48. The van der Waals surface area contributed by atoms with Crippen LogP contribution in [0.1, 0.15) is 15.4 Å². The van der Waals surface area contributed by atoms with E-state index in [0.717, 1.165) is 9.31 Å². The quantitative estimate of drug-likeness (QED) is 0.615. The Bertz CT molecular complexity index is 1070. The van der Waals surface area contributed by atoms with E-state index in [0.29, 0.717) is 23.7 Å². The zero-order valence-electron chi connectivity index (χ0n) is 15.0. The fraction of sp³-hybridized carbons (Fsp3) is 0.158. The van der Waals surface area contributed by atoms with Gasteiger partial charge in [-0.2, -0.15) is 0 Å². The molecular formula is C19H18ClN3O3S2. The average molecular weight is 436 g/mol. The number of hydrogen-bond acceptors (Lipinski definition) is 5. The second-order valence-corrected chi connectivity index (χ2v) is 9.30. The minimum absolute atomic E-state index is 0.0301. The molecule has 0 unspecified atom stereocenters. The fourth-order valence-corrected chi connectivity index (χ4v) is 4.57. The molecule has 3 aromatic rings. The molecule has 3 rings (SSSR count). The molecule has 9 heteroatoms. The first kappa shape index (κ1) is 20.3. The Morgan fingerprint density at radius 2 is 2.00 bits per heavy atom. The molecule has 0 saturated carbocycles. The van der Waals surface area contributed by atoms with Crippen LogP contribution in [0.4, 0.5) is 5.69 Å². The van der Waals surface area contributed by atoms with E-state index in [1.54, 1.807) is 42.6 Å². The minimum Gasteiger partial charge on any atom is -0.352 e. The van der Waals surface area contributed by atoms with Crippen LogP contribution in [0.2, 0.25) is 5.02 Å². The highest BCUT2D eigenvalue weighted by Crippen LogP contribution is 2.25. The van der Waals surface area contributed by atoms with E-state index in [-0.39, 0.29) is 16.4 Å². The smallest absolute Gasteiger partial charge is 0.264 e. The summed E-state index contributed by atoms with van der Waals surface area (Å²) in [6, 6.07) is 12.5. The van der Waals surface area contributed by atoms with Gasteiger partial charge in [0.25, 0.3) is 15.9 Å². The summed E-state index contributed by atoms with van der Waals surface area (Å²) in [5.74, 6) is -0.334. The van der Waals surface area contributed by atoms with Crippen molar-refractivity contribution >= 4 is 44.6 Å². The van der Waals surface area contributed by atoms with E-state index in [9.17, 15) is 13.2 Å². The summed E-state index contributed by atoms with van der Waals surface area (Å²) in [4.78, 5) is 16.6. The zero-order valence-corrected chi connectivity index (χ0v) is 17.4. The maximum atomic E-state index is 12.9. The molecule has 0 radical (unpaired) electrons. The monoisotopic (exact) mass is 435 g/mol. The molecule has 0 saturated heterocycles. The van der Waals surface area contributed by atoms with E-state index < -0.39 is 10.0 Å². The van der Waals surface area contributed by atoms with Gasteiger partial charge in [-0.1, -0.05) is 23.7 Å². The number of sulfonamides is 1. The number of amides is 1. The number of benzene rings is 2. The molecule has 6 nitrogen and oxygen atoms in total. The van der Waals surface area contributed by atoms with Crippen molar-refractivity contribution in [1.82, 2.24) is 10.3 Å². The van der Waals surface area contributed by atoms with Crippen molar-refractivity contribution < 1.29 is 13.2 Å². The molecule has 0 spiro atoms. The van der Waals surface area contributed by atoms with Gasteiger partial charge in [-0.3, -0.25) is 9.10 Å². The van der Waals surface area contributed by atoms with Gasteiger partial charge in [-0.15, -0.1) is 11.3 Å². The van der Waals surface area contributed by atoms with Crippen LogP contribution in [0.5, 0.6) is 0 Å². The standard InChI is InChI=1S/C19H18ClN3O3S2/c1-23(16-6-3-5-15(20)13-16)28(25,26)17-7-2-4-14(12-17)19(24)22-9-8-18-21-10-11-27-18/h2-7,10-13H,8-9H2,1H3,(H,22,24). The molecule has 1 N–H and O–H groups in total. The van der Waals surface area contributed by atoms with Gasteiger partial charge in [-0.05, 0) is 36.4 Å². The molecule has 0 atom stereocenters. The van der Waals surface area contributed by atoms with Crippen LogP contribution in [0.15, 0.2) is 65.0 Å². The Morgan fingerprint density at radius 1 is 1.21 bits per heavy atom. The maximum absolute atomic E-state index is 12.9. The number of anilines is 1. The number of carbonyl (C=O) groups excluding carboxylic acids is 1. The predicted octanol–water partition coefficient (Wildman–Crippen LogP) is 3.59. The lowest BCUT2D eigenvalue weighted by Gasteiger charge is -2.20. The van der Waals surface area contributed by atoms with Gasteiger partial charge in [0.15, 0.2) is 0 Å². The van der Waals surface area contributed by atoms with Crippen molar-refractivity contribution in [3.8, 4) is 0 Å². The Morgan fingerprint density at radius 3 is 2.71 bits per heavy atom. The number of nitrogens with zero attached hydrogens (tertiary/aromatic N) is 2. The highest BCUT2D eigenvalue weighted by atomic mass is 35.5. The summed E-state index contributed by atoms with van der Waals surface area (Å²) in [7, 11) is -2.39. The van der Waals surface area contributed by atoms with Gasteiger partial charge in [0.05, 0.1) is 15.6 Å². The molecule has 1 aromatic heterocycles. The van der Waals surface area contributed by atoms with E-state index in [1.165, 1.54) is 30.5 Å². The molecular weight excluding hydrogens is 418 g/mol. The minimum atomic E-state index is -3.83. The lowest BCUT2D eigenvalue weighted by molar-refractivity contribution is 0.0954. The summed E-state index contributed by atoms with van der Waals surface area (Å²) in [5.41, 5.74) is 0.713. The van der Waals surface area contributed by atoms with Gasteiger partial charge in [-0.25, -0.2) is 13.4 Å². The van der Waals surface area contributed by atoms with Crippen molar-refractivity contribution in [3.05, 3.63) is 75.7 Å². The molecule has 0 aliphatic carbocycles. The van der Waals surface area contributed by atoms with Gasteiger partial charge < -0.3 is 5.32 Å². The normalized spacial score (nSPS) is 11.2. The third-order valence-electron chi connectivity index (χ3n) is 4.03. The van der Waals surface area contributed by atoms with Crippen LogP contribution < -0.4 is 9.62 Å². The first-order valence-corrected chi connectivity index (χ1v) is 11.1. The van der Waals surface area contributed by atoms with Crippen molar-refractivity contribution in [1.29, 1.82) is 0 Å². The lowest BCUT2D eigenvalue weighted by atomic mass is 10.2. The van der Waals surface area contributed by atoms with Crippen molar-refractivity contribution in [2.45, 2.75) is 11.3 Å². The van der Waals surface area contributed by atoms with Crippen LogP contribution in [0.3, 0.4) is 0 Å². The van der Waals surface area contributed by atoms with Crippen LogP contribution in [-0.2, 0) is 16.4 Å². The highest BCUT2D eigenvalue weighted by molar-refractivity contribution is 7.92. The van der Waals surface area contributed by atoms with E-state index in [2.05, 4.69) is 10.3 Å². The third kappa shape index (κ3) is 4.70. The zero-order chi connectivity index (χ0) is 20.1. The second kappa shape index (κ2) is 8.72. The summed E-state index contributed by atoms with van der Waals surface area (Å²) in [6.45, 7) is 0.422. The SMILES string of the molecule is CN(c1cccc(Cl)c1)S(=O)(=O)c1cccc(C(=O)NCCc2nccs2)c1. The van der Waals surface area contributed by atoms with Crippen LogP contribution in [0, 0.1) is 0 Å². The van der Waals surface area contributed by atoms with Crippen LogP contribution >= 0.6 is 22.9 Å². The molecule has 1 heterocycles. The molecule has 28 heavy (non-hydrogen) atoms. The van der Waals surface area contributed by atoms with Crippen molar-refractivity contribution in [2.75, 3.05) is 17.9 Å². The highest BCUT2D eigenvalue weighted by Gasteiger charge is 2.22. The number of carbonyl (C=O) groups is 1. The first-order chi connectivity index (χ1) is 13.4. The van der Waals surface area contributed by atoms with Crippen LogP contribution in [-0.4, -0.2) is 32.9 Å². The molecule has 0 bridgehead atoms. The van der Waals surface area contributed by atoms with Gasteiger partial charge in [0, 0.05) is 42.2 Å². The second-order valence-electron chi connectivity index (χ2n) is 5.91. The number of rotatable bonds is 7. The van der Waals surface area contributed by atoms with Crippen molar-refractivity contribution in [3.63, 3.8) is 0 Å². The van der Waals surface area contributed by atoms with Crippen molar-refractivity contribution in [2.24, 2.45) is 0 Å². The van der Waals surface area contributed by atoms with E-state index in [4.69, 9.17) is 11.6 Å². The molecule has 146 valence electrons. The number of aromatic nitrogens is 1. The maximum Gasteiger partial charge on any atom is 0.264 e. The molecule has 0 aliphatic rings. The van der Waals surface area contributed by atoms with E-state index in [1.807, 2.05) is 5.38 Å². The lowest BCUT2D eigenvalue weighted by Crippen LogP contribution is -2.28. The molecule has 0 fully saturated rings. The molecule has 0 aliphatic heterocycles. The Kier molecular flexibility index (Phi) is 6.33. The number of nitrogens with one attached hydrogen (secondary N) is 1.